The lowest BCUT2D eigenvalue weighted by molar-refractivity contribution is 0.403. The second kappa shape index (κ2) is 7.78. The van der Waals surface area contributed by atoms with Gasteiger partial charge in [0.25, 0.3) is 0 Å². The van der Waals surface area contributed by atoms with Crippen molar-refractivity contribution >= 4 is 17.3 Å². The molecule has 0 radical (unpaired) electrons. The van der Waals surface area contributed by atoms with Gasteiger partial charge >= 0.3 is 0 Å². The van der Waals surface area contributed by atoms with Crippen LogP contribution >= 0.6 is 11.3 Å². The van der Waals surface area contributed by atoms with E-state index in [1.54, 1.807) is 11.3 Å². The lowest BCUT2D eigenvalue weighted by Gasteiger charge is -2.22. The van der Waals surface area contributed by atoms with E-state index in [1.807, 2.05) is 5.51 Å². The Labute approximate surface area is 132 Å². The monoisotopic (exact) mass is 308 g/mol. The van der Waals surface area contributed by atoms with Gasteiger partial charge in [-0.2, -0.15) is 0 Å². The molecule has 0 amide bonds. The van der Waals surface area contributed by atoms with E-state index in [0.29, 0.717) is 0 Å². The smallest absolute Gasteiger partial charge is 0.194 e. The van der Waals surface area contributed by atoms with Crippen LogP contribution in [0.2, 0.25) is 0 Å². The van der Waals surface area contributed by atoms with E-state index in [9.17, 15) is 0 Å². The third-order valence-corrected chi connectivity index (χ3v) is 4.86. The molecular weight excluding hydrogens is 280 g/mol. The molecule has 0 aromatic carbocycles. The summed E-state index contributed by atoms with van der Waals surface area (Å²) in [6, 6.07) is 0. The number of hydrogen-bond acceptors (Lipinski definition) is 3. The second-order valence-electron chi connectivity index (χ2n) is 6.26. The molecule has 1 aromatic heterocycles. The minimum atomic E-state index is 0.740. The number of guanidine groups is 1. The van der Waals surface area contributed by atoms with Gasteiger partial charge in [0.15, 0.2) is 5.96 Å². The number of thiazole rings is 1. The van der Waals surface area contributed by atoms with E-state index in [4.69, 9.17) is 4.99 Å². The van der Waals surface area contributed by atoms with Crippen LogP contribution in [0.15, 0.2) is 10.5 Å². The van der Waals surface area contributed by atoms with Crippen LogP contribution in [0.3, 0.4) is 0 Å². The highest BCUT2D eigenvalue weighted by Gasteiger charge is 2.25. The maximum atomic E-state index is 4.81. The molecule has 1 saturated heterocycles. The molecule has 1 N–H and O–H groups in total. The number of nitrogens with zero attached hydrogens (tertiary/aromatic N) is 3. The van der Waals surface area contributed by atoms with Crippen molar-refractivity contribution in [3.8, 4) is 0 Å². The number of aliphatic imine (C=N–C) groups is 1. The molecule has 1 aliphatic heterocycles. The number of aromatic nitrogens is 1. The lowest BCUT2D eigenvalue weighted by atomic mass is 9.97. The fraction of sp³-hybridized carbons (Fsp3) is 0.750. The quantitative estimate of drug-likeness (QED) is 0.670. The number of aryl methyl sites for hydroxylation is 1. The summed E-state index contributed by atoms with van der Waals surface area (Å²) >= 11 is 1.70. The Morgan fingerprint density at radius 2 is 2.38 bits per heavy atom. The Bertz CT molecular complexity index is 467. The molecular formula is C16H28N4S. The fourth-order valence-corrected chi connectivity index (χ4v) is 3.63. The van der Waals surface area contributed by atoms with Gasteiger partial charge in [0.05, 0.1) is 17.7 Å². The molecule has 1 unspecified atom stereocenters. The molecule has 5 heteroatoms. The normalized spacial score (nSPS) is 19.6. The summed E-state index contributed by atoms with van der Waals surface area (Å²) in [4.78, 5) is 12.8. The Balaban J connectivity index is 1.97. The zero-order valence-electron chi connectivity index (χ0n) is 13.7. The average Bonchev–Trinajstić information content (AvgIpc) is 3.03. The summed E-state index contributed by atoms with van der Waals surface area (Å²) < 4.78 is 0. The summed E-state index contributed by atoms with van der Waals surface area (Å²) in [5.74, 6) is 2.67. The fourth-order valence-electron chi connectivity index (χ4n) is 2.93. The predicted molar refractivity (Wildman–Crippen MR) is 90.8 cm³/mol. The Morgan fingerprint density at radius 3 is 3.00 bits per heavy atom. The van der Waals surface area contributed by atoms with Gasteiger partial charge in [-0.25, -0.2) is 9.98 Å². The van der Waals surface area contributed by atoms with Gasteiger partial charge in [-0.3, -0.25) is 0 Å². The number of nitrogens with one attached hydrogen (secondary N) is 1. The van der Waals surface area contributed by atoms with Crippen molar-refractivity contribution in [3.05, 3.63) is 16.1 Å². The van der Waals surface area contributed by atoms with Crippen LogP contribution in [0.5, 0.6) is 0 Å². The first-order valence-corrected chi connectivity index (χ1v) is 8.90. The highest BCUT2D eigenvalue weighted by molar-refractivity contribution is 7.09. The standard InChI is InChI=1S/C16H28N4S/c1-5-17-16(18-9-15-13(4)19-11-21-15)20-7-6-14(10-20)8-12(2)3/h11-12,14H,5-10H2,1-4H3,(H,17,18). The first kappa shape index (κ1) is 16.3. The zero-order valence-corrected chi connectivity index (χ0v) is 14.5. The lowest BCUT2D eigenvalue weighted by Crippen LogP contribution is -2.40. The van der Waals surface area contributed by atoms with Crippen molar-refractivity contribution in [1.29, 1.82) is 0 Å². The Kier molecular flexibility index (Phi) is 6.03. The summed E-state index contributed by atoms with van der Waals surface area (Å²) in [5, 5.41) is 3.44. The van der Waals surface area contributed by atoms with E-state index >= 15 is 0 Å². The van der Waals surface area contributed by atoms with Crippen LogP contribution in [-0.4, -0.2) is 35.5 Å². The molecule has 2 rings (SSSR count). The Hall–Kier alpha value is -1.10. The van der Waals surface area contributed by atoms with Crippen molar-refractivity contribution < 1.29 is 0 Å². The number of hydrogen-bond donors (Lipinski definition) is 1. The highest BCUT2D eigenvalue weighted by atomic mass is 32.1. The van der Waals surface area contributed by atoms with Gasteiger partial charge in [0.1, 0.15) is 0 Å². The van der Waals surface area contributed by atoms with Crippen LogP contribution in [0, 0.1) is 18.8 Å². The predicted octanol–water partition coefficient (Wildman–Crippen LogP) is 3.29. The van der Waals surface area contributed by atoms with Crippen LogP contribution in [0.25, 0.3) is 0 Å². The molecule has 0 spiro atoms. The van der Waals surface area contributed by atoms with Crippen molar-refractivity contribution in [1.82, 2.24) is 15.2 Å². The summed E-state index contributed by atoms with van der Waals surface area (Å²) in [6.07, 6.45) is 2.62. The molecule has 21 heavy (non-hydrogen) atoms. The molecule has 1 aliphatic rings. The molecule has 0 aliphatic carbocycles. The highest BCUT2D eigenvalue weighted by Crippen LogP contribution is 2.23. The summed E-state index contributed by atoms with van der Waals surface area (Å²) in [6.45, 7) is 12.8. The van der Waals surface area contributed by atoms with E-state index in [0.717, 1.165) is 49.7 Å². The average molecular weight is 308 g/mol. The first-order chi connectivity index (χ1) is 10.1. The molecule has 1 atom stereocenters. The summed E-state index contributed by atoms with van der Waals surface area (Å²) in [7, 11) is 0. The van der Waals surface area contributed by atoms with Crippen LogP contribution in [0.1, 0.15) is 44.2 Å². The van der Waals surface area contributed by atoms with E-state index in [-0.39, 0.29) is 0 Å². The molecule has 0 saturated carbocycles. The van der Waals surface area contributed by atoms with Crippen molar-refractivity contribution in [2.24, 2.45) is 16.8 Å². The van der Waals surface area contributed by atoms with Crippen molar-refractivity contribution in [3.63, 3.8) is 0 Å². The number of likely N-dealkylation sites (tertiary alicyclic amines) is 1. The summed E-state index contributed by atoms with van der Waals surface area (Å²) in [5.41, 5.74) is 3.01. The molecule has 0 bridgehead atoms. The first-order valence-electron chi connectivity index (χ1n) is 8.02. The van der Waals surface area contributed by atoms with Gasteiger partial charge < -0.3 is 10.2 Å². The van der Waals surface area contributed by atoms with Crippen molar-refractivity contribution in [2.75, 3.05) is 19.6 Å². The molecule has 118 valence electrons. The minimum Gasteiger partial charge on any atom is -0.357 e. The largest absolute Gasteiger partial charge is 0.357 e. The zero-order chi connectivity index (χ0) is 15.2. The minimum absolute atomic E-state index is 0.740. The number of rotatable bonds is 5. The third kappa shape index (κ3) is 4.70. The SMILES string of the molecule is CCNC(=NCc1scnc1C)N1CCC(CC(C)C)C1. The molecule has 2 heterocycles. The maximum absolute atomic E-state index is 4.81. The van der Waals surface area contributed by atoms with Crippen LogP contribution in [0.4, 0.5) is 0 Å². The van der Waals surface area contributed by atoms with Crippen molar-refractivity contribution in [2.45, 2.75) is 47.1 Å². The van der Waals surface area contributed by atoms with Crippen LogP contribution in [-0.2, 0) is 6.54 Å². The van der Waals surface area contributed by atoms with Gasteiger partial charge in [-0.15, -0.1) is 11.3 Å². The van der Waals surface area contributed by atoms with E-state index in [1.165, 1.54) is 17.7 Å². The molecule has 1 fully saturated rings. The van der Waals surface area contributed by atoms with Gasteiger partial charge in [-0.1, -0.05) is 13.8 Å². The van der Waals surface area contributed by atoms with Gasteiger partial charge in [0, 0.05) is 24.5 Å². The topological polar surface area (TPSA) is 40.5 Å². The maximum Gasteiger partial charge on any atom is 0.194 e. The van der Waals surface area contributed by atoms with Gasteiger partial charge in [-0.05, 0) is 38.5 Å². The van der Waals surface area contributed by atoms with Gasteiger partial charge in [0.2, 0.25) is 0 Å². The molecule has 1 aromatic rings. The second-order valence-corrected chi connectivity index (χ2v) is 7.20. The van der Waals surface area contributed by atoms with E-state index in [2.05, 4.69) is 42.9 Å². The molecule has 4 nitrogen and oxygen atoms in total. The third-order valence-electron chi connectivity index (χ3n) is 3.94. The van der Waals surface area contributed by atoms with Crippen LogP contribution < -0.4 is 5.32 Å². The Morgan fingerprint density at radius 1 is 1.57 bits per heavy atom. The van der Waals surface area contributed by atoms with E-state index < -0.39 is 0 Å².